The third-order valence-corrected chi connectivity index (χ3v) is 5.31. The SMILES string of the molecule is CC(C)CNC(=O)C(C)Sc1nnc(-c2ccc(C(C)(C)C)cc2)n1C. The third kappa shape index (κ3) is 5.10. The lowest BCUT2D eigenvalue weighted by atomic mass is 9.87. The maximum absolute atomic E-state index is 12.2. The van der Waals surface area contributed by atoms with Gasteiger partial charge in [-0.2, -0.15) is 0 Å². The Morgan fingerprint density at radius 3 is 2.31 bits per heavy atom. The number of thioether (sulfide) groups is 1. The summed E-state index contributed by atoms with van der Waals surface area (Å²) in [5, 5.41) is 12.1. The molecule has 1 N–H and O–H groups in total. The summed E-state index contributed by atoms with van der Waals surface area (Å²) in [7, 11) is 1.94. The van der Waals surface area contributed by atoms with Crippen LogP contribution < -0.4 is 5.32 Å². The molecule has 0 aliphatic rings. The van der Waals surface area contributed by atoms with Crippen LogP contribution in [0.5, 0.6) is 0 Å². The molecular weight excluding hydrogens is 344 g/mol. The van der Waals surface area contributed by atoms with E-state index in [0.717, 1.165) is 16.5 Å². The Labute approximate surface area is 161 Å². The quantitative estimate of drug-likeness (QED) is 0.776. The number of carbonyl (C=O) groups excluding carboxylic acids is 1. The summed E-state index contributed by atoms with van der Waals surface area (Å²) in [6.45, 7) is 13.3. The van der Waals surface area contributed by atoms with Crippen molar-refractivity contribution in [3.63, 3.8) is 0 Å². The van der Waals surface area contributed by atoms with E-state index in [1.54, 1.807) is 0 Å². The molecule has 0 bridgehead atoms. The van der Waals surface area contributed by atoms with Gasteiger partial charge < -0.3 is 9.88 Å². The van der Waals surface area contributed by atoms with E-state index >= 15 is 0 Å². The molecule has 6 heteroatoms. The summed E-state index contributed by atoms with van der Waals surface area (Å²) in [5.41, 5.74) is 2.43. The number of benzene rings is 1. The first-order valence-electron chi connectivity index (χ1n) is 9.04. The van der Waals surface area contributed by atoms with E-state index in [2.05, 4.69) is 74.4 Å². The Kier molecular flexibility index (Phi) is 6.50. The molecule has 0 radical (unpaired) electrons. The lowest BCUT2D eigenvalue weighted by molar-refractivity contribution is -0.120. The normalized spacial score (nSPS) is 13.1. The molecule has 0 saturated heterocycles. The first-order valence-corrected chi connectivity index (χ1v) is 9.92. The average Bonchev–Trinajstić information content (AvgIpc) is 2.92. The number of hydrogen-bond acceptors (Lipinski definition) is 4. The Morgan fingerprint density at radius 2 is 1.77 bits per heavy atom. The van der Waals surface area contributed by atoms with E-state index in [-0.39, 0.29) is 16.6 Å². The molecule has 1 amide bonds. The zero-order valence-electron chi connectivity index (χ0n) is 16.8. The van der Waals surface area contributed by atoms with Gasteiger partial charge in [-0.25, -0.2) is 0 Å². The monoisotopic (exact) mass is 374 g/mol. The second-order valence-corrected chi connectivity index (χ2v) is 9.40. The molecule has 2 aromatic rings. The predicted molar refractivity (Wildman–Crippen MR) is 108 cm³/mol. The highest BCUT2D eigenvalue weighted by Crippen LogP contribution is 2.28. The van der Waals surface area contributed by atoms with Gasteiger partial charge in [0.1, 0.15) is 0 Å². The molecule has 0 aliphatic heterocycles. The highest BCUT2D eigenvalue weighted by Gasteiger charge is 2.20. The van der Waals surface area contributed by atoms with Crippen molar-refractivity contribution in [3.05, 3.63) is 29.8 Å². The van der Waals surface area contributed by atoms with E-state index in [9.17, 15) is 4.79 Å². The van der Waals surface area contributed by atoms with Crippen LogP contribution in [0.15, 0.2) is 29.4 Å². The number of carbonyl (C=O) groups is 1. The van der Waals surface area contributed by atoms with Gasteiger partial charge in [0.15, 0.2) is 11.0 Å². The van der Waals surface area contributed by atoms with Crippen LogP contribution in [0.25, 0.3) is 11.4 Å². The average molecular weight is 375 g/mol. The van der Waals surface area contributed by atoms with Crippen LogP contribution in [0.2, 0.25) is 0 Å². The van der Waals surface area contributed by atoms with Crippen LogP contribution in [0.1, 0.15) is 47.1 Å². The molecule has 0 saturated carbocycles. The maximum atomic E-state index is 12.2. The van der Waals surface area contributed by atoms with Crippen molar-refractivity contribution in [2.75, 3.05) is 6.54 Å². The first-order chi connectivity index (χ1) is 12.1. The lowest BCUT2D eigenvalue weighted by Crippen LogP contribution is -2.33. The summed E-state index contributed by atoms with van der Waals surface area (Å²) >= 11 is 1.43. The molecule has 26 heavy (non-hydrogen) atoms. The number of aromatic nitrogens is 3. The fraction of sp³-hybridized carbons (Fsp3) is 0.550. The summed E-state index contributed by atoms with van der Waals surface area (Å²) in [5.74, 6) is 1.28. The Morgan fingerprint density at radius 1 is 1.15 bits per heavy atom. The van der Waals surface area contributed by atoms with Gasteiger partial charge in [-0.05, 0) is 23.8 Å². The number of nitrogens with zero attached hydrogens (tertiary/aromatic N) is 3. The van der Waals surface area contributed by atoms with Crippen LogP contribution in [0, 0.1) is 5.92 Å². The molecule has 0 spiro atoms. The zero-order chi connectivity index (χ0) is 19.5. The van der Waals surface area contributed by atoms with Crippen molar-refractivity contribution in [3.8, 4) is 11.4 Å². The van der Waals surface area contributed by atoms with Gasteiger partial charge in [0.05, 0.1) is 5.25 Å². The third-order valence-electron chi connectivity index (χ3n) is 4.18. The minimum absolute atomic E-state index is 0.0304. The minimum atomic E-state index is -0.215. The van der Waals surface area contributed by atoms with Gasteiger partial charge in [0.25, 0.3) is 0 Å². The molecular formula is C20H30N4OS. The highest BCUT2D eigenvalue weighted by molar-refractivity contribution is 8.00. The van der Waals surface area contributed by atoms with E-state index in [1.807, 2.05) is 18.5 Å². The number of amides is 1. The zero-order valence-corrected chi connectivity index (χ0v) is 17.6. The molecule has 2 rings (SSSR count). The van der Waals surface area contributed by atoms with Gasteiger partial charge >= 0.3 is 0 Å². The first kappa shape index (κ1) is 20.5. The molecule has 1 unspecified atom stereocenters. The van der Waals surface area contributed by atoms with Crippen molar-refractivity contribution in [1.82, 2.24) is 20.1 Å². The Balaban J connectivity index is 2.11. The molecule has 142 valence electrons. The second kappa shape index (κ2) is 8.25. The van der Waals surface area contributed by atoms with Crippen molar-refractivity contribution in [2.24, 2.45) is 13.0 Å². The molecule has 1 aromatic carbocycles. The van der Waals surface area contributed by atoms with Gasteiger partial charge in [-0.3, -0.25) is 4.79 Å². The van der Waals surface area contributed by atoms with Crippen LogP contribution in [0.4, 0.5) is 0 Å². The molecule has 0 aliphatic carbocycles. The standard InChI is InChI=1S/C20H30N4OS/c1-13(2)12-21-18(25)14(3)26-19-23-22-17(24(19)7)15-8-10-16(11-9-15)20(4,5)6/h8-11,13-14H,12H2,1-7H3,(H,21,25). The van der Waals surface area contributed by atoms with Crippen LogP contribution >= 0.6 is 11.8 Å². The van der Waals surface area contributed by atoms with Gasteiger partial charge in [-0.15, -0.1) is 10.2 Å². The van der Waals surface area contributed by atoms with E-state index in [1.165, 1.54) is 17.3 Å². The van der Waals surface area contributed by atoms with E-state index < -0.39 is 0 Å². The number of hydrogen-bond donors (Lipinski definition) is 1. The molecule has 0 fully saturated rings. The van der Waals surface area contributed by atoms with Crippen molar-refractivity contribution in [2.45, 2.75) is 57.4 Å². The highest BCUT2D eigenvalue weighted by atomic mass is 32.2. The van der Waals surface area contributed by atoms with Gasteiger partial charge in [0, 0.05) is 19.2 Å². The fourth-order valence-electron chi connectivity index (χ4n) is 2.45. The summed E-state index contributed by atoms with van der Waals surface area (Å²) in [4.78, 5) is 12.2. The molecule has 1 atom stereocenters. The van der Waals surface area contributed by atoms with Crippen LogP contribution in [-0.2, 0) is 17.3 Å². The Bertz CT molecular complexity index is 744. The summed E-state index contributed by atoms with van der Waals surface area (Å²) in [6.07, 6.45) is 0. The van der Waals surface area contributed by atoms with E-state index in [4.69, 9.17) is 0 Å². The van der Waals surface area contributed by atoms with Crippen molar-refractivity contribution in [1.29, 1.82) is 0 Å². The van der Waals surface area contributed by atoms with Crippen molar-refractivity contribution < 1.29 is 4.79 Å². The smallest absolute Gasteiger partial charge is 0.233 e. The number of rotatable bonds is 6. The maximum Gasteiger partial charge on any atom is 0.233 e. The minimum Gasteiger partial charge on any atom is -0.355 e. The number of nitrogens with one attached hydrogen (secondary N) is 1. The fourth-order valence-corrected chi connectivity index (χ4v) is 3.29. The molecule has 1 aromatic heterocycles. The van der Waals surface area contributed by atoms with Gasteiger partial charge in [0.2, 0.25) is 5.91 Å². The lowest BCUT2D eigenvalue weighted by Gasteiger charge is -2.19. The Hall–Kier alpha value is -1.82. The van der Waals surface area contributed by atoms with E-state index in [0.29, 0.717) is 12.5 Å². The second-order valence-electron chi connectivity index (χ2n) is 8.09. The van der Waals surface area contributed by atoms with Crippen LogP contribution in [0.3, 0.4) is 0 Å². The predicted octanol–water partition coefficient (Wildman–Crippen LogP) is 4.03. The van der Waals surface area contributed by atoms with Crippen molar-refractivity contribution >= 4 is 17.7 Å². The summed E-state index contributed by atoms with van der Waals surface area (Å²) in [6, 6.07) is 8.44. The topological polar surface area (TPSA) is 59.8 Å². The summed E-state index contributed by atoms with van der Waals surface area (Å²) < 4.78 is 1.95. The molecule has 5 nitrogen and oxygen atoms in total. The van der Waals surface area contributed by atoms with Crippen LogP contribution in [-0.4, -0.2) is 32.5 Å². The largest absolute Gasteiger partial charge is 0.355 e. The van der Waals surface area contributed by atoms with Gasteiger partial charge in [-0.1, -0.05) is 70.6 Å². The molecule has 1 heterocycles.